The molecule has 3 N–H and O–H groups in total. The van der Waals surface area contributed by atoms with E-state index in [0.717, 1.165) is 12.3 Å². The number of rotatable bonds is 10. The minimum atomic E-state index is -4.35. The SMILES string of the molecule is CC(C)OC(=O)[C@@H](C)NP(=O)(OC[C@H]1O[C@@H](n2ccc(=O)[nH]c2=O)[C@](F)(Cl)[C@@H]1O)Oc1ccccc1. The molecule has 6 atom stereocenters. The van der Waals surface area contributed by atoms with Crippen LogP contribution in [0.3, 0.4) is 0 Å². The summed E-state index contributed by atoms with van der Waals surface area (Å²) < 4.78 is 50.8. The van der Waals surface area contributed by atoms with Gasteiger partial charge in [-0.25, -0.2) is 13.8 Å². The highest BCUT2D eigenvalue weighted by Gasteiger charge is 2.58. The zero-order valence-corrected chi connectivity index (χ0v) is 21.1. The Morgan fingerprint density at radius 3 is 2.58 bits per heavy atom. The Labute approximate surface area is 209 Å². The summed E-state index contributed by atoms with van der Waals surface area (Å²) in [6, 6.07) is 7.68. The van der Waals surface area contributed by atoms with Gasteiger partial charge in [0.15, 0.2) is 6.23 Å². The van der Waals surface area contributed by atoms with Crippen LogP contribution in [-0.2, 0) is 23.4 Å². The minimum absolute atomic E-state index is 0.125. The number of aromatic nitrogens is 2. The number of H-pyrrole nitrogens is 1. The molecule has 0 saturated carbocycles. The molecule has 0 spiro atoms. The van der Waals surface area contributed by atoms with Crippen LogP contribution in [0.4, 0.5) is 4.39 Å². The van der Waals surface area contributed by atoms with Crippen molar-refractivity contribution in [3.63, 3.8) is 0 Å². The topological polar surface area (TPSA) is 158 Å². The number of carbonyl (C=O) groups excluding carboxylic acids is 1. The van der Waals surface area contributed by atoms with Gasteiger partial charge in [-0.1, -0.05) is 29.8 Å². The number of carbonyl (C=O) groups is 1. The molecule has 198 valence electrons. The third kappa shape index (κ3) is 6.61. The number of hydrogen-bond donors (Lipinski definition) is 3. The Morgan fingerprint density at radius 1 is 1.31 bits per heavy atom. The quantitative estimate of drug-likeness (QED) is 0.227. The van der Waals surface area contributed by atoms with E-state index in [2.05, 4.69) is 5.09 Å². The molecular weight excluding hydrogens is 524 g/mol. The third-order valence-corrected chi connectivity index (χ3v) is 6.97. The molecule has 3 rings (SSSR count). The Morgan fingerprint density at radius 2 is 1.97 bits per heavy atom. The van der Waals surface area contributed by atoms with E-state index < -0.39 is 67.3 Å². The van der Waals surface area contributed by atoms with Crippen molar-refractivity contribution in [1.82, 2.24) is 14.6 Å². The van der Waals surface area contributed by atoms with Crippen molar-refractivity contribution >= 4 is 25.3 Å². The molecule has 1 saturated heterocycles. The van der Waals surface area contributed by atoms with Gasteiger partial charge in [-0.05, 0) is 32.9 Å². The first-order valence-electron chi connectivity index (χ1n) is 10.8. The van der Waals surface area contributed by atoms with Crippen molar-refractivity contribution in [3.8, 4) is 5.75 Å². The van der Waals surface area contributed by atoms with Crippen molar-refractivity contribution in [2.45, 2.75) is 56.5 Å². The summed E-state index contributed by atoms with van der Waals surface area (Å²) in [6.07, 6.45) is -4.91. The second-order valence-corrected chi connectivity index (χ2v) is 10.5. The average molecular weight is 550 g/mol. The molecule has 0 radical (unpaired) electrons. The molecule has 0 aliphatic carbocycles. The van der Waals surface area contributed by atoms with Crippen LogP contribution < -0.4 is 20.9 Å². The van der Waals surface area contributed by atoms with Crippen LogP contribution >= 0.6 is 19.3 Å². The molecule has 2 heterocycles. The Kier molecular flexibility index (Phi) is 8.75. The molecule has 12 nitrogen and oxygen atoms in total. The monoisotopic (exact) mass is 549 g/mol. The van der Waals surface area contributed by atoms with Crippen LogP contribution in [0.2, 0.25) is 0 Å². The highest BCUT2D eigenvalue weighted by atomic mass is 35.5. The van der Waals surface area contributed by atoms with E-state index in [1.54, 1.807) is 32.0 Å². The molecule has 1 aromatic heterocycles. The Balaban J connectivity index is 1.80. The fourth-order valence-electron chi connectivity index (χ4n) is 3.22. The summed E-state index contributed by atoms with van der Waals surface area (Å²) in [4.78, 5) is 37.6. The van der Waals surface area contributed by atoms with E-state index in [1.807, 2.05) is 4.98 Å². The summed E-state index contributed by atoms with van der Waals surface area (Å²) in [5.41, 5.74) is -1.76. The Hall–Kier alpha value is -2.54. The average Bonchev–Trinajstić information content (AvgIpc) is 3.01. The van der Waals surface area contributed by atoms with E-state index in [9.17, 15) is 24.1 Å². The third-order valence-electron chi connectivity index (χ3n) is 4.92. The van der Waals surface area contributed by atoms with E-state index in [1.165, 1.54) is 19.1 Å². The number of esters is 1. The zero-order valence-electron chi connectivity index (χ0n) is 19.5. The van der Waals surface area contributed by atoms with Crippen LogP contribution in [0.15, 0.2) is 52.2 Å². The summed E-state index contributed by atoms with van der Waals surface area (Å²) in [7, 11) is -4.35. The van der Waals surface area contributed by atoms with E-state index in [4.69, 9.17) is 30.1 Å². The molecule has 0 amide bonds. The first-order valence-corrected chi connectivity index (χ1v) is 12.7. The standard InChI is InChI=1S/C21H26ClFN3O9P/c1-12(2)33-18(29)13(3)25-36(31,35-14-7-5-4-6-8-14)32-11-15-17(28)21(22,23)19(34-15)26-10-9-16(27)24-20(26)30/h4-10,12-13,15,17,19,28H,11H2,1-3H3,(H,25,31)(H,24,27,30)/t13-,15-,17-,19-,21+,36?/m1/s1. The van der Waals surface area contributed by atoms with Crippen LogP contribution in [0, 0.1) is 0 Å². The van der Waals surface area contributed by atoms with Gasteiger partial charge in [0.05, 0.1) is 12.7 Å². The van der Waals surface area contributed by atoms with Gasteiger partial charge in [-0.3, -0.25) is 23.7 Å². The number of hydrogen-bond acceptors (Lipinski definition) is 9. The lowest BCUT2D eigenvalue weighted by molar-refractivity contribution is -0.149. The summed E-state index contributed by atoms with van der Waals surface area (Å²) in [5.74, 6) is -0.607. The van der Waals surface area contributed by atoms with Gasteiger partial charge in [-0.15, -0.1) is 0 Å². The fraction of sp³-hybridized carbons (Fsp3) is 0.476. The normalized spacial score (nSPS) is 26.4. The number of para-hydroxylation sites is 1. The molecular formula is C21H26ClFN3O9P. The van der Waals surface area contributed by atoms with E-state index >= 15 is 4.39 Å². The second-order valence-electron chi connectivity index (χ2n) is 8.20. The molecule has 1 aromatic carbocycles. The predicted octanol–water partition coefficient (Wildman–Crippen LogP) is 1.83. The fourth-order valence-corrected chi connectivity index (χ4v) is 5.02. The number of halogens is 2. The van der Waals surface area contributed by atoms with Crippen LogP contribution in [0.25, 0.3) is 0 Å². The molecule has 2 aromatic rings. The van der Waals surface area contributed by atoms with Crippen molar-refractivity contribution in [2.75, 3.05) is 6.61 Å². The lowest BCUT2D eigenvalue weighted by atomic mass is 10.1. The summed E-state index contributed by atoms with van der Waals surface area (Å²) in [5, 5.41) is 9.86. The smallest absolute Gasteiger partial charge is 0.459 e. The van der Waals surface area contributed by atoms with Crippen LogP contribution in [-0.4, -0.2) is 56.7 Å². The second kappa shape index (κ2) is 11.2. The van der Waals surface area contributed by atoms with Crippen molar-refractivity contribution in [3.05, 3.63) is 63.4 Å². The molecule has 1 fully saturated rings. The number of alkyl halides is 2. The first-order chi connectivity index (χ1) is 16.8. The number of nitrogens with zero attached hydrogens (tertiary/aromatic N) is 1. The maximum absolute atomic E-state index is 15.2. The van der Waals surface area contributed by atoms with Crippen molar-refractivity contribution < 1.29 is 37.4 Å². The van der Waals surface area contributed by atoms with Gasteiger partial charge in [0.1, 0.15) is 24.0 Å². The van der Waals surface area contributed by atoms with Gasteiger partial charge in [0.2, 0.25) is 0 Å². The molecule has 1 aliphatic rings. The predicted molar refractivity (Wildman–Crippen MR) is 125 cm³/mol. The number of aliphatic hydroxyl groups excluding tert-OH is 1. The summed E-state index contributed by atoms with van der Waals surface area (Å²) in [6.45, 7) is 3.93. The van der Waals surface area contributed by atoms with Crippen LogP contribution in [0.1, 0.15) is 27.0 Å². The highest BCUT2D eigenvalue weighted by Crippen LogP contribution is 2.48. The van der Waals surface area contributed by atoms with Gasteiger partial charge in [0.25, 0.3) is 10.7 Å². The first kappa shape index (κ1) is 28.0. The minimum Gasteiger partial charge on any atom is -0.462 e. The molecule has 1 aliphatic heterocycles. The molecule has 36 heavy (non-hydrogen) atoms. The maximum atomic E-state index is 15.2. The highest BCUT2D eigenvalue weighted by molar-refractivity contribution is 7.52. The van der Waals surface area contributed by atoms with Gasteiger partial charge >= 0.3 is 19.4 Å². The number of benzene rings is 1. The number of aliphatic hydroxyl groups is 1. The number of nitrogens with one attached hydrogen (secondary N) is 2. The zero-order chi connectivity index (χ0) is 26.7. The lowest BCUT2D eigenvalue weighted by Crippen LogP contribution is -2.42. The van der Waals surface area contributed by atoms with Gasteiger partial charge in [0, 0.05) is 12.3 Å². The van der Waals surface area contributed by atoms with E-state index in [0.29, 0.717) is 4.57 Å². The van der Waals surface area contributed by atoms with Gasteiger partial charge < -0.3 is 19.1 Å². The van der Waals surface area contributed by atoms with Crippen LogP contribution in [0.5, 0.6) is 5.75 Å². The molecule has 1 unspecified atom stereocenters. The number of ether oxygens (including phenoxy) is 2. The van der Waals surface area contributed by atoms with Crippen molar-refractivity contribution in [2.24, 2.45) is 0 Å². The Bertz CT molecular complexity index is 1220. The summed E-state index contributed by atoms with van der Waals surface area (Å²) >= 11 is 5.85. The molecule has 15 heteroatoms. The van der Waals surface area contributed by atoms with Gasteiger partial charge in [-0.2, -0.15) is 5.09 Å². The van der Waals surface area contributed by atoms with Crippen molar-refractivity contribution in [1.29, 1.82) is 0 Å². The lowest BCUT2D eigenvalue weighted by Gasteiger charge is -2.25. The number of aromatic amines is 1. The van der Waals surface area contributed by atoms with E-state index in [-0.39, 0.29) is 5.75 Å². The largest absolute Gasteiger partial charge is 0.462 e. The molecule has 0 bridgehead atoms. The maximum Gasteiger partial charge on any atom is 0.459 e.